The summed E-state index contributed by atoms with van der Waals surface area (Å²) in [6.45, 7) is 7.04. The maximum Gasteiger partial charge on any atom is 0.247 e. The zero-order valence-electron chi connectivity index (χ0n) is 18.2. The Bertz CT molecular complexity index is 595. The first-order chi connectivity index (χ1) is 14.6. The molecule has 1 atom stereocenters. The number of phenols is 1. The quantitative estimate of drug-likeness (QED) is 0.210. The molecule has 1 rings (SSSR count). The monoisotopic (exact) mass is 421 g/mol. The molecule has 0 spiro atoms. The molecule has 30 heavy (non-hydrogen) atoms. The molecule has 1 unspecified atom stereocenters. The number of hydrogen-bond acceptors (Lipinski definition) is 6. The van der Waals surface area contributed by atoms with Crippen LogP contribution in [0.1, 0.15) is 57.1 Å². The zero-order chi connectivity index (χ0) is 22.0. The van der Waals surface area contributed by atoms with Crippen LogP contribution in [0.15, 0.2) is 24.3 Å². The van der Waals surface area contributed by atoms with Gasteiger partial charge in [-0.3, -0.25) is 9.59 Å². The Kier molecular flexibility index (Phi) is 14.3. The molecule has 0 heterocycles. The van der Waals surface area contributed by atoms with Crippen LogP contribution >= 0.6 is 0 Å². The lowest BCUT2D eigenvalue weighted by Crippen LogP contribution is -2.40. The molecule has 0 radical (unpaired) electrons. The molecular formula is C22H39N5O3. The van der Waals surface area contributed by atoms with E-state index in [1.165, 1.54) is 12.1 Å². The Balaban J connectivity index is 2.26. The van der Waals surface area contributed by atoms with Crippen LogP contribution in [0.3, 0.4) is 0 Å². The van der Waals surface area contributed by atoms with Crippen molar-refractivity contribution in [1.82, 2.24) is 21.3 Å². The van der Waals surface area contributed by atoms with E-state index in [0.717, 1.165) is 58.4 Å². The number of hydrogen-bond donors (Lipinski definition) is 6. The highest BCUT2D eigenvalue weighted by molar-refractivity contribution is 5.88. The van der Waals surface area contributed by atoms with E-state index in [0.29, 0.717) is 24.9 Å². The Hall–Kier alpha value is -2.16. The number of amides is 2. The van der Waals surface area contributed by atoms with Gasteiger partial charge in [0.2, 0.25) is 11.8 Å². The summed E-state index contributed by atoms with van der Waals surface area (Å²) in [7, 11) is 0. The Morgan fingerprint density at radius 2 is 1.53 bits per heavy atom. The van der Waals surface area contributed by atoms with Crippen LogP contribution < -0.4 is 27.0 Å². The normalized spacial score (nSPS) is 11.8. The molecule has 0 fully saturated rings. The lowest BCUT2D eigenvalue weighted by molar-refractivity contribution is -0.129. The van der Waals surface area contributed by atoms with Gasteiger partial charge in [0.15, 0.2) is 0 Å². The second-order valence-corrected chi connectivity index (χ2v) is 7.34. The molecule has 0 saturated heterocycles. The van der Waals surface area contributed by atoms with E-state index in [1.807, 2.05) is 6.92 Å². The largest absolute Gasteiger partial charge is 0.508 e. The summed E-state index contributed by atoms with van der Waals surface area (Å²) in [6, 6.07) is 5.58. The predicted octanol–water partition coefficient (Wildman–Crippen LogP) is 1.16. The topological polar surface area (TPSA) is 129 Å². The van der Waals surface area contributed by atoms with Crippen molar-refractivity contribution in [1.29, 1.82) is 0 Å². The Morgan fingerprint density at radius 3 is 2.17 bits per heavy atom. The minimum atomic E-state index is -0.755. The van der Waals surface area contributed by atoms with Crippen molar-refractivity contribution >= 4 is 11.8 Å². The van der Waals surface area contributed by atoms with E-state index in [9.17, 15) is 14.7 Å². The average Bonchev–Trinajstić information content (AvgIpc) is 2.73. The second-order valence-electron chi connectivity index (χ2n) is 7.34. The van der Waals surface area contributed by atoms with E-state index in [-0.39, 0.29) is 17.6 Å². The van der Waals surface area contributed by atoms with Crippen molar-refractivity contribution in [3.05, 3.63) is 29.8 Å². The third-order valence-electron chi connectivity index (χ3n) is 4.62. The first-order valence-corrected chi connectivity index (χ1v) is 11.1. The van der Waals surface area contributed by atoms with Crippen LogP contribution in [-0.2, 0) is 9.59 Å². The summed E-state index contributed by atoms with van der Waals surface area (Å²) in [5, 5.41) is 21.9. The third-order valence-corrected chi connectivity index (χ3v) is 4.62. The summed E-state index contributed by atoms with van der Waals surface area (Å²) in [5.74, 6) is -0.272. The van der Waals surface area contributed by atoms with Gasteiger partial charge >= 0.3 is 0 Å². The highest BCUT2D eigenvalue weighted by atomic mass is 16.3. The van der Waals surface area contributed by atoms with Crippen molar-refractivity contribution in [3.8, 4) is 5.75 Å². The van der Waals surface area contributed by atoms with E-state index >= 15 is 0 Å². The number of phenolic OH excluding ortho intramolecular Hbond substituents is 1. The Morgan fingerprint density at radius 1 is 0.933 bits per heavy atom. The van der Waals surface area contributed by atoms with Gasteiger partial charge in [-0.1, -0.05) is 19.1 Å². The molecule has 0 saturated carbocycles. The van der Waals surface area contributed by atoms with Crippen LogP contribution in [0.2, 0.25) is 0 Å². The van der Waals surface area contributed by atoms with Crippen molar-refractivity contribution in [3.63, 3.8) is 0 Å². The van der Waals surface area contributed by atoms with Crippen LogP contribution in [0.25, 0.3) is 0 Å². The van der Waals surface area contributed by atoms with Gasteiger partial charge in [0, 0.05) is 13.0 Å². The van der Waals surface area contributed by atoms with Gasteiger partial charge in [0.05, 0.1) is 0 Å². The molecule has 2 amide bonds. The van der Waals surface area contributed by atoms with Gasteiger partial charge in [-0.15, -0.1) is 0 Å². The number of unbranched alkanes of at least 4 members (excludes halogenated alkanes) is 1. The molecule has 0 aliphatic rings. The lowest BCUT2D eigenvalue weighted by atomic mass is 10.1. The molecule has 7 N–H and O–H groups in total. The maximum absolute atomic E-state index is 12.6. The standard InChI is InChI=1S/C22H39N5O3/c1-2-7-20(29)27-21(18-8-10-19(28)11-9-18)22(30)26-17-4-3-13-24-15-6-16-25-14-5-12-23/h8-11,21,24-25,28H,2-7,12-17,23H2,1H3,(H,26,30)(H,27,29). The summed E-state index contributed by atoms with van der Waals surface area (Å²) in [6.07, 6.45) is 5.00. The van der Waals surface area contributed by atoms with E-state index in [2.05, 4.69) is 21.3 Å². The fraction of sp³-hybridized carbons (Fsp3) is 0.636. The SMILES string of the molecule is CCCC(=O)NC(C(=O)NCCCCNCCCNCCCN)c1ccc(O)cc1. The van der Waals surface area contributed by atoms with Crippen LogP contribution in [0.5, 0.6) is 5.75 Å². The lowest BCUT2D eigenvalue weighted by Gasteiger charge is -2.19. The minimum Gasteiger partial charge on any atom is -0.508 e. The summed E-state index contributed by atoms with van der Waals surface area (Å²) >= 11 is 0. The van der Waals surface area contributed by atoms with Gasteiger partial charge in [-0.25, -0.2) is 0 Å². The molecule has 1 aromatic rings. The highest BCUT2D eigenvalue weighted by Crippen LogP contribution is 2.17. The second kappa shape index (κ2) is 16.6. The number of rotatable bonds is 17. The third kappa shape index (κ3) is 11.7. The van der Waals surface area contributed by atoms with E-state index < -0.39 is 6.04 Å². The molecular weight excluding hydrogens is 382 g/mol. The molecule has 0 bridgehead atoms. The van der Waals surface area contributed by atoms with E-state index in [4.69, 9.17) is 5.73 Å². The smallest absolute Gasteiger partial charge is 0.247 e. The van der Waals surface area contributed by atoms with Gasteiger partial charge in [0.25, 0.3) is 0 Å². The molecule has 8 nitrogen and oxygen atoms in total. The number of carbonyl (C=O) groups is 2. The molecule has 8 heteroatoms. The fourth-order valence-corrected chi connectivity index (χ4v) is 2.93. The highest BCUT2D eigenvalue weighted by Gasteiger charge is 2.22. The molecule has 170 valence electrons. The minimum absolute atomic E-state index is 0.122. The molecule has 0 aliphatic carbocycles. The number of nitrogens with two attached hydrogens (primary N) is 1. The van der Waals surface area contributed by atoms with Crippen LogP contribution in [0, 0.1) is 0 Å². The fourth-order valence-electron chi connectivity index (χ4n) is 2.93. The van der Waals surface area contributed by atoms with Crippen LogP contribution in [-0.4, -0.2) is 56.2 Å². The maximum atomic E-state index is 12.6. The van der Waals surface area contributed by atoms with Crippen molar-refractivity contribution in [2.24, 2.45) is 5.73 Å². The summed E-state index contributed by atoms with van der Waals surface area (Å²) in [5.41, 5.74) is 6.10. The van der Waals surface area contributed by atoms with Gasteiger partial charge in [-0.2, -0.15) is 0 Å². The zero-order valence-corrected chi connectivity index (χ0v) is 18.2. The van der Waals surface area contributed by atoms with E-state index in [1.54, 1.807) is 12.1 Å². The van der Waals surface area contributed by atoms with Crippen LogP contribution in [0.4, 0.5) is 0 Å². The molecule has 1 aromatic carbocycles. The Labute approximate surface area is 180 Å². The number of aromatic hydroxyl groups is 1. The van der Waals surface area contributed by atoms with Gasteiger partial charge in [-0.05, 0) is 82.5 Å². The summed E-state index contributed by atoms with van der Waals surface area (Å²) in [4.78, 5) is 24.6. The van der Waals surface area contributed by atoms with Gasteiger partial charge in [0.1, 0.15) is 11.8 Å². The summed E-state index contributed by atoms with van der Waals surface area (Å²) < 4.78 is 0. The number of carbonyl (C=O) groups excluding carboxylic acids is 2. The molecule has 0 aliphatic heterocycles. The number of nitrogens with one attached hydrogen (secondary N) is 4. The molecule has 0 aromatic heterocycles. The number of benzene rings is 1. The van der Waals surface area contributed by atoms with Crippen molar-refractivity contribution in [2.45, 2.75) is 51.5 Å². The first kappa shape index (κ1) is 25.9. The van der Waals surface area contributed by atoms with Crippen molar-refractivity contribution < 1.29 is 14.7 Å². The van der Waals surface area contributed by atoms with Gasteiger partial charge < -0.3 is 32.1 Å². The average molecular weight is 422 g/mol. The predicted molar refractivity (Wildman–Crippen MR) is 120 cm³/mol. The first-order valence-electron chi connectivity index (χ1n) is 11.1. The van der Waals surface area contributed by atoms with Crippen molar-refractivity contribution in [2.75, 3.05) is 39.3 Å².